The summed E-state index contributed by atoms with van der Waals surface area (Å²) in [6.45, 7) is 1.72. The third-order valence-corrected chi connectivity index (χ3v) is 5.60. The van der Waals surface area contributed by atoms with Gasteiger partial charge in [0.05, 0.1) is 15.7 Å². The molecule has 0 heterocycles. The maximum absolute atomic E-state index is 12.5. The number of carbonyl (C=O) groups excluding carboxylic acids is 2. The zero-order chi connectivity index (χ0) is 24.0. The van der Waals surface area contributed by atoms with Crippen LogP contribution in [0, 0.1) is 10.1 Å². The van der Waals surface area contributed by atoms with E-state index in [2.05, 4.69) is 10.6 Å². The summed E-state index contributed by atoms with van der Waals surface area (Å²) in [5, 5.41) is 24.8. The Balaban J connectivity index is 1.58. The van der Waals surface area contributed by atoms with Crippen molar-refractivity contribution < 1.29 is 24.4 Å². The molecule has 3 aromatic carbocycles. The van der Waals surface area contributed by atoms with Crippen molar-refractivity contribution in [2.75, 3.05) is 10.6 Å². The van der Waals surface area contributed by atoms with Crippen molar-refractivity contribution in [1.29, 1.82) is 0 Å². The fourth-order valence-electron chi connectivity index (χ4n) is 2.81. The predicted molar refractivity (Wildman–Crippen MR) is 125 cm³/mol. The first-order valence-corrected chi connectivity index (χ1v) is 10.6. The molecule has 1 atom stereocenters. The Kier molecular flexibility index (Phi) is 7.42. The molecule has 0 bridgehead atoms. The second kappa shape index (κ2) is 10.4. The lowest BCUT2D eigenvalue weighted by Gasteiger charge is -2.13. The molecule has 9 nitrogen and oxygen atoms in total. The minimum Gasteiger partial charge on any atom is -0.478 e. The molecule has 0 spiro atoms. The van der Waals surface area contributed by atoms with Crippen LogP contribution in [0.2, 0.25) is 0 Å². The van der Waals surface area contributed by atoms with Crippen LogP contribution in [0.1, 0.15) is 27.6 Å². The Hall–Kier alpha value is -4.18. The molecule has 2 amide bonds. The summed E-state index contributed by atoms with van der Waals surface area (Å²) in [6, 6.07) is 18.2. The minimum atomic E-state index is -1.08. The van der Waals surface area contributed by atoms with Crippen molar-refractivity contribution in [2.45, 2.75) is 17.1 Å². The average molecular weight is 465 g/mol. The number of benzene rings is 3. The number of rotatable bonds is 8. The number of nitrogens with one attached hydrogen (secondary N) is 2. The van der Waals surface area contributed by atoms with Crippen LogP contribution in [0.15, 0.2) is 77.7 Å². The number of aromatic carboxylic acids is 1. The lowest BCUT2D eigenvalue weighted by molar-refractivity contribution is -0.384. The second-order valence-corrected chi connectivity index (χ2v) is 8.34. The molecule has 0 saturated carbocycles. The van der Waals surface area contributed by atoms with Crippen molar-refractivity contribution in [3.63, 3.8) is 0 Å². The van der Waals surface area contributed by atoms with E-state index in [4.69, 9.17) is 5.11 Å². The van der Waals surface area contributed by atoms with Gasteiger partial charge in [-0.05, 0) is 55.5 Å². The number of carbonyl (C=O) groups is 3. The molecule has 0 saturated heterocycles. The summed E-state index contributed by atoms with van der Waals surface area (Å²) >= 11 is 1.29. The van der Waals surface area contributed by atoms with Crippen LogP contribution in [0.5, 0.6) is 0 Å². The first-order chi connectivity index (χ1) is 15.7. The van der Waals surface area contributed by atoms with Gasteiger partial charge in [-0.15, -0.1) is 11.8 Å². The summed E-state index contributed by atoms with van der Waals surface area (Å²) in [5.41, 5.74) is 0.970. The number of hydrogen-bond donors (Lipinski definition) is 3. The van der Waals surface area contributed by atoms with E-state index >= 15 is 0 Å². The zero-order valence-electron chi connectivity index (χ0n) is 17.3. The Morgan fingerprint density at radius 3 is 2.24 bits per heavy atom. The molecule has 0 aliphatic carbocycles. The van der Waals surface area contributed by atoms with Gasteiger partial charge in [0.15, 0.2) is 0 Å². The van der Waals surface area contributed by atoms with E-state index < -0.39 is 22.0 Å². The molecule has 0 radical (unpaired) electrons. The Labute approximate surface area is 193 Å². The van der Waals surface area contributed by atoms with Crippen LogP contribution in [0.4, 0.5) is 17.1 Å². The van der Waals surface area contributed by atoms with E-state index in [9.17, 15) is 24.5 Å². The van der Waals surface area contributed by atoms with E-state index in [1.54, 1.807) is 43.3 Å². The maximum Gasteiger partial charge on any atom is 0.335 e. The molecule has 10 heteroatoms. The Morgan fingerprint density at radius 1 is 0.909 bits per heavy atom. The summed E-state index contributed by atoms with van der Waals surface area (Å²) in [5.74, 6) is -1.84. The van der Waals surface area contributed by atoms with Crippen LogP contribution >= 0.6 is 11.8 Å². The maximum atomic E-state index is 12.5. The summed E-state index contributed by atoms with van der Waals surface area (Å²) < 4.78 is 0. The van der Waals surface area contributed by atoms with Crippen LogP contribution in [-0.2, 0) is 4.79 Å². The number of carboxylic acid groups (broad SMARTS) is 1. The van der Waals surface area contributed by atoms with E-state index in [1.807, 2.05) is 0 Å². The van der Waals surface area contributed by atoms with Gasteiger partial charge in [0.25, 0.3) is 11.6 Å². The molecular weight excluding hydrogens is 446 g/mol. The highest BCUT2D eigenvalue weighted by atomic mass is 32.2. The third-order valence-electron chi connectivity index (χ3n) is 4.49. The van der Waals surface area contributed by atoms with Crippen LogP contribution in [-0.4, -0.2) is 33.1 Å². The van der Waals surface area contributed by atoms with Crippen LogP contribution in [0.3, 0.4) is 0 Å². The first-order valence-electron chi connectivity index (χ1n) is 9.69. The molecule has 3 rings (SSSR count). The molecule has 0 aliphatic rings. The summed E-state index contributed by atoms with van der Waals surface area (Å²) in [6.07, 6.45) is 0. The second-order valence-electron chi connectivity index (χ2n) is 6.92. The van der Waals surface area contributed by atoms with Gasteiger partial charge in [-0.25, -0.2) is 4.79 Å². The fraction of sp³-hybridized carbons (Fsp3) is 0.0870. The van der Waals surface area contributed by atoms with E-state index in [-0.39, 0.29) is 22.7 Å². The summed E-state index contributed by atoms with van der Waals surface area (Å²) in [4.78, 5) is 47.0. The molecule has 0 fully saturated rings. The van der Waals surface area contributed by atoms with Crippen LogP contribution in [0.25, 0.3) is 0 Å². The monoisotopic (exact) mass is 465 g/mol. The number of nitro benzene ring substituents is 1. The van der Waals surface area contributed by atoms with Gasteiger partial charge in [-0.2, -0.15) is 0 Å². The first kappa shape index (κ1) is 23.5. The molecule has 168 valence electrons. The highest BCUT2D eigenvalue weighted by Gasteiger charge is 2.16. The van der Waals surface area contributed by atoms with Crippen molar-refractivity contribution in [1.82, 2.24) is 0 Å². The van der Waals surface area contributed by atoms with Gasteiger partial charge in [0.1, 0.15) is 0 Å². The van der Waals surface area contributed by atoms with E-state index in [0.29, 0.717) is 11.4 Å². The predicted octanol–water partition coefficient (Wildman–Crippen LogP) is 4.66. The lowest BCUT2D eigenvalue weighted by Crippen LogP contribution is -2.22. The van der Waals surface area contributed by atoms with Crippen molar-refractivity contribution in [3.05, 3.63) is 94.0 Å². The van der Waals surface area contributed by atoms with Gasteiger partial charge in [-0.1, -0.05) is 12.1 Å². The smallest absolute Gasteiger partial charge is 0.335 e. The third kappa shape index (κ3) is 6.40. The van der Waals surface area contributed by atoms with E-state index in [0.717, 1.165) is 4.90 Å². The molecular formula is C23H19N3O6S. The fourth-order valence-corrected chi connectivity index (χ4v) is 3.68. The molecule has 3 aromatic rings. The highest BCUT2D eigenvalue weighted by Crippen LogP contribution is 2.26. The van der Waals surface area contributed by atoms with Crippen molar-refractivity contribution in [2.24, 2.45) is 0 Å². The van der Waals surface area contributed by atoms with Gasteiger partial charge < -0.3 is 15.7 Å². The summed E-state index contributed by atoms with van der Waals surface area (Å²) in [7, 11) is 0. The molecule has 3 N–H and O–H groups in total. The molecule has 0 aliphatic heterocycles. The number of thioether (sulfide) groups is 1. The molecule has 1 unspecified atom stereocenters. The lowest BCUT2D eigenvalue weighted by atomic mass is 10.2. The number of amides is 2. The van der Waals surface area contributed by atoms with Gasteiger partial charge in [0, 0.05) is 34.0 Å². The van der Waals surface area contributed by atoms with Crippen molar-refractivity contribution in [3.8, 4) is 0 Å². The topological polar surface area (TPSA) is 139 Å². The minimum absolute atomic E-state index is 0.0795. The highest BCUT2D eigenvalue weighted by molar-refractivity contribution is 8.00. The molecule has 0 aromatic heterocycles. The quantitative estimate of drug-likeness (QED) is 0.250. The standard InChI is InChI=1S/C23H19N3O6S/c1-14(21(27)25-18-6-2-5-16(12-18)23(29)30)33-20-10-8-17(9-11-20)24-22(28)15-4-3-7-19(13-15)26(31)32/h2-14H,1H3,(H,24,28)(H,25,27)(H,29,30). The SMILES string of the molecule is CC(Sc1ccc(NC(=O)c2cccc([N+](=O)[O-])c2)cc1)C(=O)Nc1cccc(C(=O)O)c1. The Morgan fingerprint density at radius 2 is 1.58 bits per heavy atom. The average Bonchev–Trinajstić information content (AvgIpc) is 2.80. The van der Waals surface area contributed by atoms with Gasteiger partial charge in [-0.3, -0.25) is 19.7 Å². The van der Waals surface area contributed by atoms with Gasteiger partial charge >= 0.3 is 5.97 Å². The largest absolute Gasteiger partial charge is 0.478 e. The van der Waals surface area contributed by atoms with Gasteiger partial charge in [0.2, 0.25) is 5.91 Å². The number of non-ortho nitro benzene ring substituents is 1. The van der Waals surface area contributed by atoms with Crippen molar-refractivity contribution >= 4 is 46.6 Å². The number of hydrogen-bond acceptors (Lipinski definition) is 6. The Bertz CT molecular complexity index is 1210. The molecule has 33 heavy (non-hydrogen) atoms. The normalized spacial score (nSPS) is 11.3. The van der Waals surface area contributed by atoms with Crippen LogP contribution < -0.4 is 10.6 Å². The van der Waals surface area contributed by atoms with E-state index in [1.165, 1.54) is 48.2 Å². The number of nitrogens with zero attached hydrogens (tertiary/aromatic N) is 1. The number of nitro groups is 1. The zero-order valence-corrected chi connectivity index (χ0v) is 18.2. The number of carboxylic acids is 1. The number of anilines is 2.